The van der Waals surface area contributed by atoms with Crippen LogP contribution in [0.2, 0.25) is 0 Å². The zero-order valence-corrected chi connectivity index (χ0v) is 21.3. The van der Waals surface area contributed by atoms with Gasteiger partial charge < -0.3 is 14.5 Å². The molecule has 8 nitrogen and oxygen atoms in total. The van der Waals surface area contributed by atoms with Gasteiger partial charge in [-0.05, 0) is 42.7 Å². The molecule has 0 saturated carbocycles. The van der Waals surface area contributed by atoms with Crippen molar-refractivity contribution in [3.8, 4) is 0 Å². The third kappa shape index (κ3) is 4.72. The van der Waals surface area contributed by atoms with E-state index in [1.54, 1.807) is 23.1 Å². The number of anilines is 2. The number of fused-ring (bicyclic) bond motifs is 2. The van der Waals surface area contributed by atoms with Gasteiger partial charge in [0.25, 0.3) is 0 Å². The molecule has 2 aromatic rings. The highest BCUT2D eigenvalue weighted by atomic mass is 32.2. The largest absolute Gasteiger partial charge is 0.379 e. The number of amides is 2. The zero-order valence-electron chi connectivity index (χ0n) is 19.7. The van der Waals surface area contributed by atoms with Crippen LogP contribution in [0.1, 0.15) is 18.9 Å². The third-order valence-electron chi connectivity index (χ3n) is 6.71. The van der Waals surface area contributed by atoms with Crippen LogP contribution < -0.4 is 9.80 Å². The fourth-order valence-electron chi connectivity index (χ4n) is 4.77. The van der Waals surface area contributed by atoms with Crippen LogP contribution in [-0.2, 0) is 30.8 Å². The summed E-state index contributed by atoms with van der Waals surface area (Å²) in [5, 5.41) is 0. The number of hydrogen-bond acceptors (Lipinski definition) is 6. The molecule has 2 aromatic carbocycles. The van der Waals surface area contributed by atoms with Gasteiger partial charge in [-0.15, -0.1) is 11.8 Å². The van der Waals surface area contributed by atoms with E-state index in [9.17, 15) is 18.0 Å². The van der Waals surface area contributed by atoms with Crippen LogP contribution in [0.5, 0.6) is 0 Å². The summed E-state index contributed by atoms with van der Waals surface area (Å²) in [6.45, 7) is 3.61. The Morgan fingerprint density at radius 3 is 2.66 bits per heavy atom. The summed E-state index contributed by atoms with van der Waals surface area (Å²) in [6, 6.07) is 12.8. The molecule has 0 aromatic heterocycles. The second-order valence-electron chi connectivity index (χ2n) is 9.06. The maximum Gasteiger partial charge on any atom is 0.247 e. The van der Waals surface area contributed by atoms with Gasteiger partial charge in [-0.2, -0.15) is 4.31 Å². The Morgan fingerprint density at radius 2 is 1.86 bits per heavy atom. The molecule has 3 aliphatic rings. The van der Waals surface area contributed by atoms with Gasteiger partial charge in [0.1, 0.15) is 6.54 Å². The number of thioether (sulfide) groups is 1. The Kier molecular flexibility index (Phi) is 6.89. The van der Waals surface area contributed by atoms with Crippen molar-refractivity contribution in [2.24, 2.45) is 5.92 Å². The quantitative estimate of drug-likeness (QED) is 0.622. The lowest BCUT2D eigenvalue weighted by Crippen LogP contribution is -2.46. The summed E-state index contributed by atoms with van der Waals surface area (Å²) >= 11 is 1.52. The van der Waals surface area contributed by atoms with E-state index in [1.807, 2.05) is 31.2 Å². The minimum absolute atomic E-state index is 0.127. The van der Waals surface area contributed by atoms with E-state index in [0.717, 1.165) is 29.0 Å². The monoisotopic (exact) mass is 515 g/mol. The molecular weight excluding hydrogens is 486 g/mol. The van der Waals surface area contributed by atoms with Crippen molar-refractivity contribution in [1.82, 2.24) is 4.31 Å². The van der Waals surface area contributed by atoms with E-state index in [4.69, 9.17) is 4.74 Å². The van der Waals surface area contributed by atoms with E-state index >= 15 is 0 Å². The minimum atomic E-state index is -3.74. The molecule has 1 fully saturated rings. The molecule has 1 saturated heterocycles. The topological polar surface area (TPSA) is 87.2 Å². The minimum Gasteiger partial charge on any atom is -0.379 e. The molecule has 186 valence electrons. The van der Waals surface area contributed by atoms with Crippen LogP contribution in [0.15, 0.2) is 52.3 Å². The number of nitrogens with zero attached hydrogens (tertiary/aromatic N) is 3. The average Bonchev–Trinajstić information content (AvgIpc) is 3.00. The van der Waals surface area contributed by atoms with Crippen molar-refractivity contribution in [3.05, 3.63) is 48.0 Å². The summed E-state index contributed by atoms with van der Waals surface area (Å²) in [7, 11) is -3.74. The average molecular weight is 516 g/mol. The summed E-state index contributed by atoms with van der Waals surface area (Å²) in [5.74, 6) is -0.0699. The van der Waals surface area contributed by atoms with Crippen LogP contribution >= 0.6 is 11.8 Å². The van der Waals surface area contributed by atoms with Gasteiger partial charge in [0.05, 0.1) is 23.8 Å². The highest BCUT2D eigenvalue weighted by Crippen LogP contribution is 2.38. The molecule has 1 atom stereocenters. The van der Waals surface area contributed by atoms with Crippen LogP contribution in [0.25, 0.3) is 0 Å². The molecule has 0 radical (unpaired) electrons. The first-order valence-corrected chi connectivity index (χ1v) is 14.3. The number of ether oxygens (including phenoxy) is 1. The van der Waals surface area contributed by atoms with Gasteiger partial charge in [0.2, 0.25) is 21.8 Å². The third-order valence-corrected chi connectivity index (χ3v) is 9.93. The van der Waals surface area contributed by atoms with Crippen LogP contribution in [0, 0.1) is 5.92 Å². The van der Waals surface area contributed by atoms with Gasteiger partial charge in [0.15, 0.2) is 0 Å². The maximum absolute atomic E-state index is 13.5. The number of morpholine rings is 1. The Labute approximate surface area is 210 Å². The number of rotatable bonds is 4. The van der Waals surface area contributed by atoms with E-state index in [2.05, 4.69) is 0 Å². The lowest BCUT2D eigenvalue weighted by Gasteiger charge is -2.32. The Hall–Kier alpha value is -2.40. The van der Waals surface area contributed by atoms with Gasteiger partial charge >= 0.3 is 0 Å². The first-order valence-electron chi connectivity index (χ1n) is 11.9. The van der Waals surface area contributed by atoms with E-state index in [0.29, 0.717) is 44.3 Å². The molecule has 10 heteroatoms. The molecule has 5 rings (SSSR count). The molecule has 0 bridgehead atoms. The second-order valence-corrected chi connectivity index (χ2v) is 12.1. The fourth-order valence-corrected chi connectivity index (χ4v) is 7.26. The van der Waals surface area contributed by atoms with E-state index < -0.39 is 10.0 Å². The number of para-hydroxylation sites is 1. The molecule has 2 amide bonds. The van der Waals surface area contributed by atoms with Crippen molar-refractivity contribution in [3.63, 3.8) is 0 Å². The second kappa shape index (κ2) is 9.93. The van der Waals surface area contributed by atoms with Crippen LogP contribution in [0.3, 0.4) is 0 Å². The normalized spacial score (nSPS) is 21.3. The molecule has 0 N–H and O–H groups in total. The first kappa shape index (κ1) is 24.3. The van der Waals surface area contributed by atoms with Gasteiger partial charge in [0, 0.05) is 41.9 Å². The molecule has 0 unspecified atom stereocenters. The Morgan fingerprint density at radius 1 is 1.09 bits per heavy atom. The Bertz CT molecular complexity index is 1240. The van der Waals surface area contributed by atoms with Crippen LogP contribution in [-0.4, -0.2) is 69.7 Å². The summed E-state index contributed by atoms with van der Waals surface area (Å²) in [6.07, 6.45) is 1.78. The van der Waals surface area contributed by atoms with Gasteiger partial charge in [-0.1, -0.05) is 25.1 Å². The molecule has 35 heavy (non-hydrogen) atoms. The number of sulfonamides is 1. The van der Waals surface area contributed by atoms with Crippen molar-refractivity contribution >= 4 is 45.0 Å². The molecule has 3 aliphatic heterocycles. The van der Waals surface area contributed by atoms with Crippen LogP contribution in [0.4, 0.5) is 11.4 Å². The predicted molar refractivity (Wildman–Crippen MR) is 135 cm³/mol. The van der Waals surface area contributed by atoms with Crippen molar-refractivity contribution in [1.29, 1.82) is 0 Å². The standard InChI is InChI=1S/C25H29N3O5S2/c1-18-17-34-23-9-8-20(35(31,32)26-11-13-33-14-12-26)15-22(23)28(25(18)30)16-24(29)27-10-4-6-19-5-2-3-7-21(19)27/h2-3,5,7-9,15,18H,4,6,10-14,16-17H2,1H3/t18-/m0/s1. The lowest BCUT2D eigenvalue weighted by molar-refractivity contribution is -0.124. The fraction of sp³-hybridized carbons (Fsp3) is 0.440. The lowest BCUT2D eigenvalue weighted by atomic mass is 10.0. The van der Waals surface area contributed by atoms with Crippen molar-refractivity contribution < 1.29 is 22.7 Å². The van der Waals surface area contributed by atoms with E-state index in [-0.39, 0.29) is 29.2 Å². The molecular formula is C25H29N3O5S2. The number of hydrogen-bond donors (Lipinski definition) is 0. The predicted octanol–water partition coefficient (Wildman–Crippen LogP) is 2.76. The van der Waals surface area contributed by atoms with Crippen molar-refractivity contribution in [2.75, 3.05) is 54.9 Å². The van der Waals surface area contributed by atoms with Crippen molar-refractivity contribution in [2.45, 2.75) is 29.6 Å². The van der Waals surface area contributed by atoms with Gasteiger partial charge in [-0.3, -0.25) is 9.59 Å². The highest BCUT2D eigenvalue weighted by molar-refractivity contribution is 7.99. The van der Waals surface area contributed by atoms with E-state index in [1.165, 1.54) is 21.0 Å². The SMILES string of the molecule is C[C@H]1CSc2ccc(S(=O)(=O)N3CCOCC3)cc2N(CC(=O)N2CCCc3ccccc32)C1=O. The maximum atomic E-state index is 13.5. The molecule has 0 spiro atoms. The summed E-state index contributed by atoms with van der Waals surface area (Å²) in [5.41, 5.74) is 2.49. The van der Waals surface area contributed by atoms with Gasteiger partial charge in [-0.25, -0.2) is 8.42 Å². The smallest absolute Gasteiger partial charge is 0.247 e. The molecule has 3 heterocycles. The Balaban J connectivity index is 1.49. The molecule has 0 aliphatic carbocycles. The summed E-state index contributed by atoms with van der Waals surface area (Å²) < 4.78 is 33.3. The summed E-state index contributed by atoms with van der Waals surface area (Å²) in [4.78, 5) is 31.1. The number of aryl methyl sites for hydroxylation is 1. The zero-order chi connectivity index (χ0) is 24.6. The number of carbonyl (C=O) groups excluding carboxylic acids is 2. The number of benzene rings is 2. The highest BCUT2D eigenvalue weighted by Gasteiger charge is 2.34. The first-order chi connectivity index (χ1) is 16.9. The number of carbonyl (C=O) groups is 2.